The van der Waals surface area contributed by atoms with Crippen molar-refractivity contribution in [1.29, 1.82) is 0 Å². The highest BCUT2D eigenvalue weighted by Gasteiger charge is 2.27. The first-order valence-electron chi connectivity index (χ1n) is 9.62. The predicted octanol–water partition coefficient (Wildman–Crippen LogP) is 1.88. The Hall–Kier alpha value is -1.64. The lowest BCUT2D eigenvalue weighted by molar-refractivity contribution is -0.137. The molecule has 2 aliphatic heterocycles. The summed E-state index contributed by atoms with van der Waals surface area (Å²) in [7, 11) is -3.52. The van der Waals surface area contributed by atoms with Crippen LogP contribution in [0.4, 0.5) is 0 Å². The van der Waals surface area contributed by atoms with Crippen LogP contribution in [0, 0.1) is 0 Å². The van der Waals surface area contributed by atoms with Crippen LogP contribution >= 0.6 is 0 Å². The maximum absolute atomic E-state index is 12.6. The Kier molecular flexibility index (Phi) is 6.73. The summed E-state index contributed by atoms with van der Waals surface area (Å²) in [6, 6.07) is 6.28. The third kappa shape index (κ3) is 5.00. The summed E-state index contributed by atoms with van der Waals surface area (Å²) in [6.07, 6.45) is 3.81. The van der Waals surface area contributed by atoms with Crippen molar-refractivity contribution >= 4 is 15.9 Å². The molecule has 0 radical (unpaired) electrons. The average molecular weight is 397 g/mol. The van der Waals surface area contributed by atoms with Crippen LogP contribution in [0.3, 0.4) is 0 Å². The second kappa shape index (κ2) is 9.03. The van der Waals surface area contributed by atoms with Crippen molar-refractivity contribution in [3.63, 3.8) is 0 Å². The molecular formula is C19H28N2O5S. The standard InChI is InChI=1S/C19H28N2O5S/c1-16(19(22)20-10-4-2-3-5-11-20)26-17-6-8-18(9-7-17)27(23,24)21-12-14-25-15-13-21/h6-9,16H,2-5,10-15H2,1H3. The van der Waals surface area contributed by atoms with Gasteiger partial charge in [-0.1, -0.05) is 12.8 Å². The maximum Gasteiger partial charge on any atom is 0.263 e. The molecule has 3 rings (SSSR count). The summed E-state index contributed by atoms with van der Waals surface area (Å²) in [4.78, 5) is 14.7. The quantitative estimate of drug-likeness (QED) is 0.760. The van der Waals surface area contributed by atoms with Gasteiger partial charge in [0.2, 0.25) is 10.0 Å². The fourth-order valence-electron chi connectivity index (χ4n) is 3.43. The van der Waals surface area contributed by atoms with Crippen molar-refractivity contribution in [2.24, 2.45) is 0 Å². The minimum atomic E-state index is -3.52. The Morgan fingerprint density at radius 3 is 2.19 bits per heavy atom. The molecule has 8 heteroatoms. The van der Waals surface area contributed by atoms with Crippen molar-refractivity contribution < 1.29 is 22.7 Å². The van der Waals surface area contributed by atoms with E-state index in [2.05, 4.69) is 0 Å². The molecule has 150 valence electrons. The second-order valence-electron chi connectivity index (χ2n) is 6.99. The monoisotopic (exact) mass is 396 g/mol. The van der Waals surface area contributed by atoms with E-state index >= 15 is 0 Å². The molecule has 1 atom stereocenters. The van der Waals surface area contributed by atoms with E-state index in [0.29, 0.717) is 32.1 Å². The Morgan fingerprint density at radius 1 is 1.00 bits per heavy atom. The number of carbonyl (C=O) groups is 1. The lowest BCUT2D eigenvalue weighted by atomic mass is 10.2. The molecule has 1 unspecified atom stereocenters. The van der Waals surface area contributed by atoms with Crippen molar-refractivity contribution in [3.8, 4) is 5.75 Å². The van der Waals surface area contributed by atoms with E-state index in [9.17, 15) is 13.2 Å². The number of hydrogen-bond acceptors (Lipinski definition) is 5. The summed E-state index contributed by atoms with van der Waals surface area (Å²) < 4.78 is 37.7. The number of sulfonamides is 1. The summed E-state index contributed by atoms with van der Waals surface area (Å²) in [5.41, 5.74) is 0. The second-order valence-corrected chi connectivity index (χ2v) is 8.93. The summed E-state index contributed by atoms with van der Waals surface area (Å²) in [6.45, 7) is 4.86. The zero-order chi connectivity index (χ0) is 19.3. The first-order valence-corrected chi connectivity index (χ1v) is 11.1. The van der Waals surface area contributed by atoms with Crippen LogP contribution in [-0.2, 0) is 19.6 Å². The lowest BCUT2D eigenvalue weighted by Gasteiger charge is -2.26. The molecular weight excluding hydrogens is 368 g/mol. The SMILES string of the molecule is CC(Oc1ccc(S(=O)(=O)N2CCOCC2)cc1)C(=O)N1CCCCCC1. The van der Waals surface area contributed by atoms with E-state index in [0.717, 1.165) is 38.8 Å². The summed E-state index contributed by atoms with van der Waals surface area (Å²) >= 11 is 0. The molecule has 1 amide bonds. The number of likely N-dealkylation sites (tertiary alicyclic amines) is 1. The molecule has 0 bridgehead atoms. The molecule has 1 aromatic carbocycles. The van der Waals surface area contributed by atoms with Gasteiger partial charge in [0.05, 0.1) is 18.1 Å². The first-order chi connectivity index (χ1) is 13.0. The van der Waals surface area contributed by atoms with Gasteiger partial charge in [-0.25, -0.2) is 8.42 Å². The van der Waals surface area contributed by atoms with Crippen LogP contribution in [0.1, 0.15) is 32.6 Å². The van der Waals surface area contributed by atoms with Crippen LogP contribution in [0.5, 0.6) is 5.75 Å². The Labute approximate surface area is 161 Å². The van der Waals surface area contributed by atoms with Gasteiger partial charge in [0.15, 0.2) is 6.10 Å². The van der Waals surface area contributed by atoms with Gasteiger partial charge in [-0.05, 0) is 44.0 Å². The third-order valence-corrected chi connectivity index (χ3v) is 6.92. The van der Waals surface area contributed by atoms with E-state index in [1.807, 2.05) is 4.90 Å². The van der Waals surface area contributed by atoms with Crippen molar-refractivity contribution in [2.45, 2.75) is 43.6 Å². The summed E-state index contributed by atoms with van der Waals surface area (Å²) in [5.74, 6) is 0.480. The third-order valence-electron chi connectivity index (χ3n) is 5.01. The number of morpholine rings is 1. The topological polar surface area (TPSA) is 76.1 Å². The van der Waals surface area contributed by atoms with Crippen molar-refractivity contribution in [2.75, 3.05) is 39.4 Å². The molecule has 0 aliphatic carbocycles. The molecule has 2 saturated heterocycles. The van der Waals surface area contributed by atoms with Crippen LogP contribution in [0.15, 0.2) is 29.2 Å². The molecule has 0 aromatic heterocycles. The van der Waals surface area contributed by atoms with E-state index in [1.54, 1.807) is 19.1 Å². The number of nitrogens with zero attached hydrogens (tertiary/aromatic N) is 2. The molecule has 2 heterocycles. The number of rotatable bonds is 5. The highest BCUT2D eigenvalue weighted by Crippen LogP contribution is 2.22. The summed E-state index contributed by atoms with van der Waals surface area (Å²) in [5, 5.41) is 0. The van der Waals surface area contributed by atoms with Crippen LogP contribution in [0.25, 0.3) is 0 Å². The van der Waals surface area contributed by atoms with Gasteiger partial charge in [0.25, 0.3) is 5.91 Å². The van der Waals surface area contributed by atoms with Crippen molar-refractivity contribution in [3.05, 3.63) is 24.3 Å². The van der Waals surface area contributed by atoms with E-state index < -0.39 is 16.1 Å². The van der Waals surface area contributed by atoms with Crippen LogP contribution < -0.4 is 4.74 Å². The average Bonchev–Trinajstić information content (AvgIpc) is 2.98. The normalized spacial score (nSPS) is 20.7. The van der Waals surface area contributed by atoms with Gasteiger partial charge >= 0.3 is 0 Å². The van der Waals surface area contributed by atoms with Gasteiger partial charge in [0, 0.05) is 26.2 Å². The van der Waals surface area contributed by atoms with Gasteiger partial charge in [-0.2, -0.15) is 4.31 Å². The predicted molar refractivity (Wildman–Crippen MR) is 101 cm³/mol. The van der Waals surface area contributed by atoms with Crippen LogP contribution in [0.2, 0.25) is 0 Å². The number of amides is 1. The molecule has 2 aliphatic rings. The maximum atomic E-state index is 12.6. The molecule has 0 spiro atoms. The van der Waals surface area contributed by atoms with Gasteiger partial charge in [0.1, 0.15) is 5.75 Å². The fraction of sp³-hybridized carbons (Fsp3) is 0.632. The molecule has 0 N–H and O–H groups in total. The number of ether oxygens (including phenoxy) is 2. The fourth-order valence-corrected chi connectivity index (χ4v) is 4.84. The largest absolute Gasteiger partial charge is 0.481 e. The number of benzene rings is 1. The first kappa shape index (κ1) is 20.1. The minimum Gasteiger partial charge on any atom is -0.481 e. The van der Waals surface area contributed by atoms with Crippen LogP contribution in [-0.4, -0.2) is 69.0 Å². The zero-order valence-electron chi connectivity index (χ0n) is 15.8. The highest BCUT2D eigenvalue weighted by atomic mass is 32.2. The zero-order valence-corrected chi connectivity index (χ0v) is 16.6. The van der Waals surface area contributed by atoms with E-state index in [-0.39, 0.29) is 10.8 Å². The minimum absolute atomic E-state index is 0.0121. The molecule has 2 fully saturated rings. The highest BCUT2D eigenvalue weighted by molar-refractivity contribution is 7.89. The van der Waals surface area contributed by atoms with Gasteiger partial charge in [-0.15, -0.1) is 0 Å². The Bertz CT molecular complexity index is 721. The Balaban J connectivity index is 1.62. The molecule has 0 saturated carbocycles. The lowest BCUT2D eigenvalue weighted by Crippen LogP contribution is -2.41. The molecule has 7 nitrogen and oxygen atoms in total. The van der Waals surface area contributed by atoms with Gasteiger partial charge in [-0.3, -0.25) is 4.79 Å². The van der Waals surface area contributed by atoms with E-state index in [4.69, 9.17) is 9.47 Å². The molecule has 27 heavy (non-hydrogen) atoms. The van der Waals surface area contributed by atoms with Gasteiger partial charge < -0.3 is 14.4 Å². The number of carbonyl (C=O) groups excluding carboxylic acids is 1. The Morgan fingerprint density at radius 2 is 1.59 bits per heavy atom. The van der Waals surface area contributed by atoms with Crippen molar-refractivity contribution in [1.82, 2.24) is 9.21 Å². The molecule has 1 aromatic rings. The van der Waals surface area contributed by atoms with E-state index in [1.165, 1.54) is 16.4 Å². The number of hydrogen-bond donors (Lipinski definition) is 0. The smallest absolute Gasteiger partial charge is 0.263 e.